The van der Waals surface area contributed by atoms with Crippen LogP contribution in [0.25, 0.3) is 17.3 Å². The number of methoxy groups -OCH3 is 1. The molecule has 1 fully saturated rings. The molecule has 1 saturated heterocycles. The summed E-state index contributed by atoms with van der Waals surface area (Å²) in [6.07, 6.45) is 4.50. The van der Waals surface area contributed by atoms with Gasteiger partial charge in [-0.2, -0.15) is 0 Å². The predicted octanol–water partition coefficient (Wildman–Crippen LogP) is 5.72. The van der Waals surface area contributed by atoms with Gasteiger partial charge in [-0.25, -0.2) is 4.79 Å². The van der Waals surface area contributed by atoms with Gasteiger partial charge in [-0.15, -0.1) is 0 Å². The van der Waals surface area contributed by atoms with Crippen LogP contribution in [0.2, 0.25) is 5.02 Å². The van der Waals surface area contributed by atoms with Crippen molar-refractivity contribution in [3.05, 3.63) is 52.7 Å². The standard InChI is InChI=1S/C26H29ClN2O4S/c1-6-16(4)24(26(31)32-5)29-23(34)13-19(25(29)30)11-17-7-9-21(28-14-17)18-8-10-22(20(27)12-18)33-15(2)3/h7-12,14-16,24H,6,13H2,1-5H3. The second kappa shape index (κ2) is 11.1. The fourth-order valence-corrected chi connectivity index (χ4v) is 4.37. The molecule has 2 heterocycles. The van der Waals surface area contributed by atoms with E-state index in [4.69, 9.17) is 33.3 Å². The Kier molecular flexibility index (Phi) is 8.44. The number of aromatic nitrogens is 1. The zero-order valence-electron chi connectivity index (χ0n) is 20.0. The van der Waals surface area contributed by atoms with Crippen LogP contribution in [0.3, 0.4) is 0 Å². The molecule has 6 nitrogen and oxygen atoms in total. The van der Waals surface area contributed by atoms with Gasteiger partial charge in [0.15, 0.2) is 0 Å². The number of pyridine rings is 1. The van der Waals surface area contributed by atoms with Crippen LogP contribution in [0, 0.1) is 5.92 Å². The zero-order chi connectivity index (χ0) is 25.0. The summed E-state index contributed by atoms with van der Waals surface area (Å²) >= 11 is 11.8. The van der Waals surface area contributed by atoms with Crippen molar-refractivity contribution >= 4 is 46.8 Å². The van der Waals surface area contributed by atoms with Crippen molar-refractivity contribution < 1.29 is 19.1 Å². The second-order valence-electron chi connectivity index (χ2n) is 8.56. The molecule has 180 valence electrons. The number of nitrogens with zero attached hydrogens (tertiary/aromatic N) is 2. The van der Waals surface area contributed by atoms with Gasteiger partial charge >= 0.3 is 5.97 Å². The average molecular weight is 501 g/mol. The van der Waals surface area contributed by atoms with E-state index in [9.17, 15) is 9.59 Å². The number of carbonyl (C=O) groups is 2. The van der Waals surface area contributed by atoms with Gasteiger partial charge in [0.05, 0.1) is 28.9 Å². The first-order chi connectivity index (χ1) is 16.2. The van der Waals surface area contributed by atoms with Gasteiger partial charge in [0.2, 0.25) is 0 Å². The Labute approximate surface area is 210 Å². The molecule has 0 aliphatic carbocycles. The van der Waals surface area contributed by atoms with Crippen LogP contribution in [-0.2, 0) is 14.3 Å². The van der Waals surface area contributed by atoms with Gasteiger partial charge in [0.1, 0.15) is 11.8 Å². The summed E-state index contributed by atoms with van der Waals surface area (Å²) in [5, 5.41) is 0.519. The SMILES string of the molecule is CCC(C)C(C(=O)OC)N1C(=O)C(=Cc2ccc(-c3ccc(OC(C)C)c(Cl)c3)nc2)CC1=S. The summed E-state index contributed by atoms with van der Waals surface area (Å²) in [5.41, 5.74) is 2.90. The number of likely N-dealkylation sites (tertiary alicyclic amines) is 1. The molecular formula is C26H29ClN2O4S. The van der Waals surface area contributed by atoms with Gasteiger partial charge in [-0.05, 0) is 55.7 Å². The quantitative estimate of drug-likeness (QED) is 0.262. The third-order valence-electron chi connectivity index (χ3n) is 5.73. The number of amides is 1. The first kappa shape index (κ1) is 25.8. The van der Waals surface area contributed by atoms with E-state index < -0.39 is 12.0 Å². The molecule has 1 amide bonds. The normalized spacial score (nSPS) is 16.8. The molecule has 0 radical (unpaired) electrons. The minimum atomic E-state index is -0.728. The lowest BCUT2D eigenvalue weighted by Crippen LogP contribution is -2.48. The summed E-state index contributed by atoms with van der Waals surface area (Å²) in [6.45, 7) is 7.77. The minimum Gasteiger partial charge on any atom is -0.489 e. The van der Waals surface area contributed by atoms with E-state index in [-0.39, 0.29) is 17.9 Å². The Morgan fingerprint density at radius 1 is 1.26 bits per heavy atom. The first-order valence-electron chi connectivity index (χ1n) is 11.2. The molecule has 2 unspecified atom stereocenters. The van der Waals surface area contributed by atoms with Crippen LogP contribution < -0.4 is 4.74 Å². The van der Waals surface area contributed by atoms with E-state index >= 15 is 0 Å². The highest BCUT2D eigenvalue weighted by atomic mass is 35.5. The van der Waals surface area contributed by atoms with Crippen LogP contribution in [-0.4, -0.2) is 46.0 Å². The van der Waals surface area contributed by atoms with Crippen LogP contribution in [0.4, 0.5) is 0 Å². The maximum absolute atomic E-state index is 13.2. The number of halogens is 1. The summed E-state index contributed by atoms with van der Waals surface area (Å²) in [7, 11) is 1.32. The van der Waals surface area contributed by atoms with Gasteiger partial charge in [-0.1, -0.05) is 50.2 Å². The molecular weight excluding hydrogens is 472 g/mol. The number of esters is 1. The average Bonchev–Trinajstić information content (AvgIpc) is 3.08. The smallest absolute Gasteiger partial charge is 0.329 e. The number of hydrogen-bond acceptors (Lipinski definition) is 6. The zero-order valence-corrected chi connectivity index (χ0v) is 21.6. The highest BCUT2D eigenvalue weighted by Gasteiger charge is 2.42. The van der Waals surface area contributed by atoms with Crippen molar-refractivity contribution in [1.29, 1.82) is 0 Å². The van der Waals surface area contributed by atoms with Gasteiger partial charge < -0.3 is 9.47 Å². The molecule has 0 N–H and O–H groups in total. The van der Waals surface area contributed by atoms with Crippen molar-refractivity contribution in [3.63, 3.8) is 0 Å². The Bertz CT molecular complexity index is 1110. The second-order valence-corrected chi connectivity index (χ2v) is 9.44. The van der Waals surface area contributed by atoms with Crippen LogP contribution in [0.5, 0.6) is 5.75 Å². The van der Waals surface area contributed by atoms with Crippen molar-refractivity contribution in [2.45, 2.75) is 52.7 Å². The summed E-state index contributed by atoms with van der Waals surface area (Å²) < 4.78 is 10.6. The maximum atomic E-state index is 13.2. The van der Waals surface area contributed by atoms with Crippen molar-refractivity contribution in [3.8, 4) is 17.0 Å². The predicted molar refractivity (Wildman–Crippen MR) is 138 cm³/mol. The molecule has 1 aromatic carbocycles. The molecule has 1 aliphatic rings. The van der Waals surface area contributed by atoms with Crippen LogP contribution in [0.1, 0.15) is 46.1 Å². The maximum Gasteiger partial charge on any atom is 0.329 e. The topological polar surface area (TPSA) is 68.7 Å². The lowest BCUT2D eigenvalue weighted by molar-refractivity contribution is -0.150. The Morgan fingerprint density at radius 3 is 2.56 bits per heavy atom. The third kappa shape index (κ3) is 5.65. The van der Waals surface area contributed by atoms with Gasteiger partial charge in [0, 0.05) is 23.8 Å². The Balaban J connectivity index is 1.82. The van der Waals surface area contributed by atoms with E-state index in [0.29, 0.717) is 34.2 Å². The van der Waals surface area contributed by atoms with Crippen LogP contribution >= 0.6 is 23.8 Å². The van der Waals surface area contributed by atoms with Gasteiger partial charge in [0.25, 0.3) is 5.91 Å². The van der Waals surface area contributed by atoms with Crippen molar-refractivity contribution in [1.82, 2.24) is 9.88 Å². The number of ether oxygens (including phenoxy) is 2. The Hall–Kier alpha value is -2.77. The summed E-state index contributed by atoms with van der Waals surface area (Å²) in [4.78, 5) is 31.9. The largest absolute Gasteiger partial charge is 0.489 e. The van der Waals surface area contributed by atoms with E-state index in [0.717, 1.165) is 16.8 Å². The number of carbonyl (C=O) groups excluding carboxylic acids is 2. The van der Waals surface area contributed by atoms with Gasteiger partial charge in [-0.3, -0.25) is 14.7 Å². The molecule has 8 heteroatoms. The first-order valence-corrected chi connectivity index (χ1v) is 12.0. The van der Waals surface area contributed by atoms with Crippen molar-refractivity contribution in [2.75, 3.05) is 7.11 Å². The fraction of sp³-hybridized carbons (Fsp3) is 0.385. The highest BCUT2D eigenvalue weighted by molar-refractivity contribution is 7.80. The number of benzene rings is 1. The van der Waals surface area contributed by atoms with Crippen molar-refractivity contribution in [2.24, 2.45) is 5.92 Å². The summed E-state index contributed by atoms with van der Waals surface area (Å²) in [6, 6.07) is 8.58. The third-order valence-corrected chi connectivity index (χ3v) is 6.36. The van der Waals surface area contributed by atoms with E-state index in [1.165, 1.54) is 12.0 Å². The summed E-state index contributed by atoms with van der Waals surface area (Å²) in [5.74, 6) is -0.179. The molecule has 0 saturated carbocycles. The molecule has 2 atom stereocenters. The van der Waals surface area contributed by atoms with E-state index in [2.05, 4.69) is 4.98 Å². The Morgan fingerprint density at radius 2 is 2.00 bits per heavy atom. The molecule has 1 aliphatic heterocycles. The number of hydrogen-bond donors (Lipinski definition) is 0. The lowest BCUT2D eigenvalue weighted by atomic mass is 9.98. The van der Waals surface area contributed by atoms with E-state index in [1.54, 1.807) is 12.3 Å². The highest BCUT2D eigenvalue weighted by Crippen LogP contribution is 2.31. The molecule has 3 rings (SSSR count). The minimum absolute atomic E-state index is 0.0315. The fourth-order valence-electron chi connectivity index (χ4n) is 3.79. The van der Waals surface area contributed by atoms with Crippen LogP contribution in [0.15, 0.2) is 42.1 Å². The molecule has 2 aromatic rings. The molecule has 1 aromatic heterocycles. The number of thiocarbonyl (C=S) groups is 1. The molecule has 34 heavy (non-hydrogen) atoms. The monoisotopic (exact) mass is 500 g/mol. The molecule has 0 bridgehead atoms. The molecule has 0 spiro atoms. The number of rotatable bonds is 8. The lowest BCUT2D eigenvalue weighted by Gasteiger charge is -2.29. The van der Waals surface area contributed by atoms with E-state index in [1.807, 2.05) is 58.0 Å².